The van der Waals surface area contributed by atoms with Gasteiger partial charge in [0.2, 0.25) is 0 Å². The fourth-order valence-electron chi connectivity index (χ4n) is 6.77. The molecule has 7 rings (SSSR count). The highest BCUT2D eigenvalue weighted by molar-refractivity contribution is 7.17. The molecule has 1 amide bonds. The lowest BCUT2D eigenvalue weighted by atomic mass is 9.94. The van der Waals surface area contributed by atoms with E-state index in [1.165, 1.54) is 35.6 Å². The molecular weight excluding hydrogens is 636 g/mol. The van der Waals surface area contributed by atoms with Crippen molar-refractivity contribution in [2.24, 2.45) is 0 Å². The second kappa shape index (κ2) is 13.5. The number of thiophene rings is 1. The molecule has 0 radical (unpaired) electrons. The maximum atomic E-state index is 15.9. The van der Waals surface area contributed by atoms with E-state index in [0.29, 0.717) is 59.0 Å². The zero-order valence-electron chi connectivity index (χ0n) is 26.2. The number of halogens is 2. The number of amides is 1. The number of carbonyl (C=O) groups is 2. The van der Waals surface area contributed by atoms with Gasteiger partial charge in [-0.15, -0.1) is 11.3 Å². The Hall–Kier alpha value is -4.61. The van der Waals surface area contributed by atoms with Gasteiger partial charge in [-0.2, -0.15) is 0 Å². The number of carboxylic acid groups (broad SMARTS) is 1. The zero-order chi connectivity index (χ0) is 33.4. The van der Waals surface area contributed by atoms with Crippen LogP contribution in [-0.4, -0.2) is 55.7 Å². The lowest BCUT2D eigenvalue weighted by Crippen LogP contribution is -2.39. The van der Waals surface area contributed by atoms with E-state index in [9.17, 15) is 24.2 Å². The number of benzene rings is 3. The molecule has 1 aliphatic carbocycles. The van der Waals surface area contributed by atoms with Gasteiger partial charge in [0.25, 0.3) is 5.91 Å². The number of carbonyl (C=O) groups excluding carboxylic acids is 1. The fraction of sp³-hybridized carbons (Fsp3) is 0.324. The number of aliphatic hydroxyl groups excluding tert-OH is 1. The number of piperidine rings is 1. The Morgan fingerprint density at radius 3 is 2.38 bits per heavy atom. The number of aromatic carboxylic acids is 1. The molecule has 3 aromatic carbocycles. The van der Waals surface area contributed by atoms with E-state index in [1.807, 2.05) is 0 Å². The average molecular weight is 672 g/mol. The maximum Gasteiger partial charge on any atom is 0.335 e. The summed E-state index contributed by atoms with van der Waals surface area (Å²) >= 11 is 1.30. The number of nitrogens with zero attached hydrogens (tertiary/aromatic N) is 3. The lowest BCUT2D eigenvalue weighted by molar-refractivity contribution is 0.0550. The van der Waals surface area contributed by atoms with E-state index >= 15 is 4.39 Å². The number of aromatic nitrogens is 2. The van der Waals surface area contributed by atoms with Gasteiger partial charge in [0.1, 0.15) is 29.8 Å². The van der Waals surface area contributed by atoms with Crippen molar-refractivity contribution in [1.29, 1.82) is 0 Å². The normalized spacial score (nSPS) is 16.0. The van der Waals surface area contributed by atoms with E-state index in [1.54, 1.807) is 47.4 Å². The van der Waals surface area contributed by atoms with Crippen molar-refractivity contribution < 1.29 is 33.3 Å². The van der Waals surface area contributed by atoms with Crippen molar-refractivity contribution in [2.45, 2.75) is 63.7 Å². The van der Waals surface area contributed by atoms with Crippen LogP contribution < -0.4 is 4.74 Å². The van der Waals surface area contributed by atoms with Crippen LogP contribution in [-0.2, 0) is 6.61 Å². The minimum absolute atomic E-state index is 0.0482. The van der Waals surface area contributed by atoms with Gasteiger partial charge in [0.15, 0.2) is 0 Å². The lowest BCUT2D eigenvalue weighted by Gasteiger charge is -2.29. The molecule has 0 atom stereocenters. The van der Waals surface area contributed by atoms with Crippen LogP contribution in [0, 0.1) is 11.6 Å². The molecule has 2 aliphatic rings. The van der Waals surface area contributed by atoms with E-state index in [0.717, 1.165) is 48.1 Å². The zero-order valence-corrected chi connectivity index (χ0v) is 27.0. The third-order valence-corrected chi connectivity index (χ3v) is 10.5. The summed E-state index contributed by atoms with van der Waals surface area (Å²) in [6.07, 6.45) is 5.78. The molecule has 8 nitrogen and oxygen atoms in total. The van der Waals surface area contributed by atoms with Gasteiger partial charge >= 0.3 is 5.97 Å². The number of imidazole rings is 1. The van der Waals surface area contributed by atoms with Crippen LogP contribution in [0.1, 0.15) is 76.6 Å². The smallest absolute Gasteiger partial charge is 0.335 e. The summed E-state index contributed by atoms with van der Waals surface area (Å²) in [6.45, 7) is 0.986. The van der Waals surface area contributed by atoms with Crippen LogP contribution in [0.2, 0.25) is 0 Å². The second-order valence-electron chi connectivity index (χ2n) is 12.5. The Morgan fingerprint density at radius 1 is 0.917 bits per heavy atom. The second-order valence-corrected chi connectivity index (χ2v) is 13.6. The summed E-state index contributed by atoms with van der Waals surface area (Å²) in [6, 6.07) is 17.4. The number of rotatable bonds is 8. The van der Waals surface area contributed by atoms with Crippen LogP contribution in [0.15, 0.2) is 66.7 Å². The summed E-state index contributed by atoms with van der Waals surface area (Å²) in [5.74, 6) is -1.33. The molecule has 248 valence electrons. The molecule has 2 fully saturated rings. The van der Waals surface area contributed by atoms with Crippen molar-refractivity contribution in [3.63, 3.8) is 0 Å². The Kier molecular flexibility index (Phi) is 8.98. The van der Waals surface area contributed by atoms with Gasteiger partial charge in [0.05, 0.1) is 33.1 Å². The molecule has 1 aliphatic heterocycles. The van der Waals surface area contributed by atoms with Crippen LogP contribution in [0.3, 0.4) is 0 Å². The largest absolute Gasteiger partial charge is 0.489 e. The highest BCUT2D eigenvalue weighted by Crippen LogP contribution is 2.39. The minimum Gasteiger partial charge on any atom is -0.489 e. The van der Waals surface area contributed by atoms with E-state index < -0.39 is 17.9 Å². The van der Waals surface area contributed by atoms with Gasteiger partial charge in [-0.05, 0) is 79.8 Å². The SMILES string of the molecule is O=C(O)c1ccc2c(c1)nc(-c1ccc(OCc3cc(C(=O)N4CCC(O)CC4)sc3-c3ccc(F)cc3)cc1F)n2C1CCCCC1. The molecule has 11 heteroatoms. The van der Waals surface area contributed by atoms with E-state index in [2.05, 4.69) is 4.57 Å². The summed E-state index contributed by atoms with van der Waals surface area (Å²) in [4.78, 5) is 32.8. The predicted octanol–water partition coefficient (Wildman–Crippen LogP) is 8.09. The maximum absolute atomic E-state index is 15.9. The van der Waals surface area contributed by atoms with Gasteiger partial charge in [0, 0.05) is 35.6 Å². The Labute approximate surface area is 280 Å². The van der Waals surface area contributed by atoms with Gasteiger partial charge in [-0.1, -0.05) is 31.4 Å². The molecule has 0 unspecified atom stereocenters. The van der Waals surface area contributed by atoms with Crippen LogP contribution >= 0.6 is 11.3 Å². The standard InChI is InChI=1S/C37H35F2N3O5S/c38-25-9-6-22(7-10-25)34-24(19-33(48-34)36(44)41-16-14-27(43)15-17-41)21-47-28-11-12-29(30(39)20-28)35-40-31-18-23(37(45)46)8-13-32(31)42(35)26-4-2-1-3-5-26/h6-13,18-20,26-27,43H,1-5,14-17,21H2,(H,45,46). The Morgan fingerprint density at radius 2 is 1.67 bits per heavy atom. The number of fused-ring (bicyclic) bond motifs is 1. The molecule has 1 saturated heterocycles. The molecule has 1 saturated carbocycles. The molecule has 48 heavy (non-hydrogen) atoms. The Bertz CT molecular complexity index is 1980. The van der Waals surface area contributed by atoms with Crippen molar-refractivity contribution >= 4 is 34.2 Å². The summed E-state index contributed by atoms with van der Waals surface area (Å²) < 4.78 is 37.8. The van der Waals surface area contributed by atoms with Crippen LogP contribution in [0.4, 0.5) is 8.78 Å². The first-order valence-corrected chi connectivity index (χ1v) is 17.1. The van der Waals surface area contributed by atoms with Crippen molar-refractivity contribution in [3.8, 4) is 27.6 Å². The first kappa shape index (κ1) is 32.0. The summed E-state index contributed by atoms with van der Waals surface area (Å²) in [5.41, 5.74) is 3.15. The first-order valence-electron chi connectivity index (χ1n) is 16.3. The molecule has 0 spiro atoms. The van der Waals surface area contributed by atoms with Crippen molar-refractivity contribution in [3.05, 3.63) is 94.4 Å². The van der Waals surface area contributed by atoms with Crippen molar-refractivity contribution in [2.75, 3.05) is 13.1 Å². The number of carboxylic acids is 1. The van der Waals surface area contributed by atoms with E-state index in [-0.39, 0.29) is 29.9 Å². The van der Waals surface area contributed by atoms with E-state index in [4.69, 9.17) is 9.72 Å². The summed E-state index contributed by atoms with van der Waals surface area (Å²) in [7, 11) is 0. The number of hydrogen-bond acceptors (Lipinski definition) is 6. The molecule has 5 aromatic rings. The third kappa shape index (κ3) is 6.44. The van der Waals surface area contributed by atoms with Crippen molar-refractivity contribution in [1.82, 2.24) is 14.5 Å². The first-order chi connectivity index (χ1) is 23.2. The molecule has 0 bridgehead atoms. The van der Waals surface area contributed by atoms with Gasteiger partial charge in [-0.25, -0.2) is 18.6 Å². The van der Waals surface area contributed by atoms with Crippen LogP contribution in [0.25, 0.3) is 32.9 Å². The number of aliphatic hydroxyl groups is 1. The molecule has 3 heterocycles. The quantitative estimate of drug-likeness (QED) is 0.173. The molecule has 2 N–H and O–H groups in total. The molecule has 2 aromatic heterocycles. The highest BCUT2D eigenvalue weighted by Gasteiger charge is 2.27. The number of hydrogen-bond donors (Lipinski definition) is 2. The topological polar surface area (TPSA) is 105 Å². The number of likely N-dealkylation sites (tertiary alicyclic amines) is 1. The number of ether oxygens (including phenoxy) is 1. The Balaban J connectivity index is 1.18. The van der Waals surface area contributed by atoms with Gasteiger partial charge in [-0.3, -0.25) is 4.79 Å². The average Bonchev–Trinajstić information content (AvgIpc) is 3.70. The predicted molar refractivity (Wildman–Crippen MR) is 179 cm³/mol. The molecular formula is C37H35F2N3O5S. The third-order valence-electron chi connectivity index (χ3n) is 9.33. The van der Waals surface area contributed by atoms with Gasteiger partial charge < -0.3 is 24.4 Å². The highest BCUT2D eigenvalue weighted by atomic mass is 32.1. The monoisotopic (exact) mass is 671 g/mol. The summed E-state index contributed by atoms with van der Waals surface area (Å²) in [5, 5.41) is 19.4. The minimum atomic E-state index is -1.05. The van der Waals surface area contributed by atoms with Crippen LogP contribution in [0.5, 0.6) is 5.75 Å². The fourth-order valence-corrected chi connectivity index (χ4v) is 7.91.